The van der Waals surface area contributed by atoms with Crippen molar-refractivity contribution in [2.45, 2.75) is 6.18 Å². The highest BCUT2D eigenvalue weighted by Crippen LogP contribution is 2.33. The number of amides is 1. The third-order valence-electron chi connectivity index (χ3n) is 3.94. The van der Waals surface area contributed by atoms with E-state index in [-0.39, 0.29) is 10.9 Å². The maximum atomic E-state index is 12.7. The molecule has 2 aromatic heterocycles. The lowest BCUT2D eigenvalue weighted by Gasteiger charge is -2.35. The van der Waals surface area contributed by atoms with Crippen molar-refractivity contribution in [3.05, 3.63) is 52.9 Å². The molecule has 2 aromatic rings. The molecule has 1 aliphatic rings. The number of halogens is 4. The van der Waals surface area contributed by atoms with Gasteiger partial charge in [-0.25, -0.2) is 4.98 Å². The second-order valence-corrected chi connectivity index (χ2v) is 5.95. The van der Waals surface area contributed by atoms with Crippen LogP contribution in [0.25, 0.3) is 0 Å². The number of aromatic nitrogens is 2. The lowest BCUT2D eigenvalue weighted by molar-refractivity contribution is -0.137. The summed E-state index contributed by atoms with van der Waals surface area (Å²) < 4.78 is 38.0. The maximum absolute atomic E-state index is 12.7. The minimum atomic E-state index is -4.48. The quantitative estimate of drug-likeness (QED) is 0.815. The number of piperazine rings is 1. The molecule has 0 atom stereocenters. The van der Waals surface area contributed by atoms with Gasteiger partial charge in [-0.15, -0.1) is 0 Å². The third kappa shape index (κ3) is 3.84. The topological polar surface area (TPSA) is 49.3 Å². The van der Waals surface area contributed by atoms with Crippen molar-refractivity contribution < 1.29 is 18.0 Å². The van der Waals surface area contributed by atoms with Crippen molar-refractivity contribution >= 4 is 23.3 Å². The Kier molecular flexibility index (Phi) is 4.80. The monoisotopic (exact) mass is 370 g/mol. The third-order valence-corrected chi connectivity index (χ3v) is 4.22. The van der Waals surface area contributed by atoms with Gasteiger partial charge in [-0.05, 0) is 18.2 Å². The number of carbonyl (C=O) groups is 1. The van der Waals surface area contributed by atoms with E-state index in [1.165, 1.54) is 0 Å². The van der Waals surface area contributed by atoms with Crippen LogP contribution in [0.3, 0.4) is 0 Å². The number of hydrogen-bond acceptors (Lipinski definition) is 4. The van der Waals surface area contributed by atoms with Crippen molar-refractivity contribution in [1.82, 2.24) is 14.9 Å². The molecule has 0 spiro atoms. The molecule has 3 heterocycles. The zero-order valence-corrected chi connectivity index (χ0v) is 13.8. The molecule has 1 fully saturated rings. The fraction of sp³-hybridized carbons (Fsp3) is 0.312. The molecule has 132 valence electrons. The van der Waals surface area contributed by atoms with E-state index in [0.29, 0.717) is 37.6 Å². The Hall–Kier alpha value is -2.35. The van der Waals surface area contributed by atoms with Crippen LogP contribution in [-0.4, -0.2) is 47.0 Å². The molecule has 0 aliphatic carbocycles. The highest BCUT2D eigenvalue weighted by molar-refractivity contribution is 6.33. The van der Waals surface area contributed by atoms with Gasteiger partial charge in [-0.2, -0.15) is 13.2 Å². The van der Waals surface area contributed by atoms with Crippen LogP contribution in [0.4, 0.5) is 19.0 Å². The highest BCUT2D eigenvalue weighted by Gasteiger charge is 2.32. The second kappa shape index (κ2) is 6.87. The van der Waals surface area contributed by atoms with E-state index in [1.54, 1.807) is 34.3 Å². The van der Waals surface area contributed by atoms with Crippen molar-refractivity contribution in [1.29, 1.82) is 0 Å². The summed E-state index contributed by atoms with van der Waals surface area (Å²) in [5, 5.41) is -0.0521. The molecule has 1 amide bonds. The summed E-state index contributed by atoms with van der Waals surface area (Å²) in [6, 6.07) is 4.16. The zero-order valence-electron chi connectivity index (χ0n) is 13.0. The Morgan fingerprint density at radius 3 is 2.32 bits per heavy atom. The summed E-state index contributed by atoms with van der Waals surface area (Å²) in [5.74, 6) is 0.194. The predicted molar refractivity (Wildman–Crippen MR) is 86.6 cm³/mol. The molecule has 9 heteroatoms. The number of nitrogens with zero attached hydrogens (tertiary/aromatic N) is 4. The number of rotatable bonds is 2. The fourth-order valence-corrected chi connectivity index (χ4v) is 2.90. The highest BCUT2D eigenvalue weighted by atomic mass is 35.5. The van der Waals surface area contributed by atoms with Gasteiger partial charge in [-0.1, -0.05) is 11.6 Å². The van der Waals surface area contributed by atoms with Gasteiger partial charge in [-0.3, -0.25) is 9.78 Å². The number of hydrogen-bond donors (Lipinski definition) is 0. The first-order valence-corrected chi connectivity index (χ1v) is 7.91. The van der Waals surface area contributed by atoms with Gasteiger partial charge in [0, 0.05) is 50.3 Å². The van der Waals surface area contributed by atoms with Crippen LogP contribution in [0.1, 0.15) is 15.9 Å². The van der Waals surface area contributed by atoms with E-state index in [2.05, 4.69) is 9.97 Å². The van der Waals surface area contributed by atoms with Gasteiger partial charge >= 0.3 is 6.18 Å². The van der Waals surface area contributed by atoms with Crippen LogP contribution in [0.15, 0.2) is 36.8 Å². The lowest BCUT2D eigenvalue weighted by Crippen LogP contribution is -2.49. The van der Waals surface area contributed by atoms with Crippen molar-refractivity contribution in [3.8, 4) is 0 Å². The van der Waals surface area contributed by atoms with E-state index >= 15 is 0 Å². The SMILES string of the molecule is O=C(c1ccncc1)N1CCN(c2ncc(C(F)(F)F)cc2Cl)CC1. The number of anilines is 1. The molecule has 0 unspecified atom stereocenters. The molecule has 3 rings (SSSR count). The minimum Gasteiger partial charge on any atom is -0.352 e. The van der Waals surface area contributed by atoms with E-state index in [9.17, 15) is 18.0 Å². The Balaban J connectivity index is 1.67. The fourth-order valence-electron chi connectivity index (χ4n) is 2.62. The van der Waals surface area contributed by atoms with Gasteiger partial charge < -0.3 is 9.80 Å². The van der Waals surface area contributed by atoms with Gasteiger partial charge in [0.05, 0.1) is 10.6 Å². The molecule has 25 heavy (non-hydrogen) atoms. The van der Waals surface area contributed by atoms with Crippen LogP contribution < -0.4 is 4.90 Å². The van der Waals surface area contributed by atoms with Gasteiger partial charge in [0.2, 0.25) is 0 Å². The van der Waals surface area contributed by atoms with Crippen molar-refractivity contribution in [3.63, 3.8) is 0 Å². The minimum absolute atomic E-state index is 0.0521. The normalized spacial score (nSPS) is 15.4. The Morgan fingerprint density at radius 1 is 1.12 bits per heavy atom. The van der Waals surface area contributed by atoms with Gasteiger partial charge in [0.15, 0.2) is 0 Å². The number of pyridine rings is 2. The van der Waals surface area contributed by atoms with Gasteiger partial charge in [0.25, 0.3) is 5.91 Å². The van der Waals surface area contributed by atoms with Crippen LogP contribution in [0.5, 0.6) is 0 Å². The van der Waals surface area contributed by atoms with Crippen LogP contribution >= 0.6 is 11.6 Å². The summed E-state index contributed by atoms with van der Waals surface area (Å²) in [4.78, 5) is 23.6. The van der Waals surface area contributed by atoms with E-state index in [1.807, 2.05) is 0 Å². The van der Waals surface area contributed by atoms with Crippen molar-refractivity contribution in [2.24, 2.45) is 0 Å². The molecule has 1 saturated heterocycles. The summed E-state index contributed by atoms with van der Waals surface area (Å²) in [5.41, 5.74) is -0.332. The van der Waals surface area contributed by atoms with Crippen LogP contribution in [-0.2, 0) is 6.18 Å². The first kappa shape index (κ1) is 17.5. The zero-order chi connectivity index (χ0) is 18.0. The lowest BCUT2D eigenvalue weighted by atomic mass is 10.2. The summed E-state index contributed by atoms with van der Waals surface area (Å²) >= 11 is 5.97. The van der Waals surface area contributed by atoms with Crippen molar-refractivity contribution in [2.75, 3.05) is 31.1 Å². The number of carbonyl (C=O) groups excluding carboxylic acids is 1. The average molecular weight is 371 g/mol. The van der Waals surface area contributed by atoms with Crippen LogP contribution in [0, 0.1) is 0 Å². The standard InChI is InChI=1S/C16H14ClF3N4O/c17-13-9-12(16(18,19)20)10-22-14(13)23-5-7-24(8-6-23)15(25)11-1-3-21-4-2-11/h1-4,9-10H,5-8H2. The summed E-state index contributed by atoms with van der Waals surface area (Å²) in [6.45, 7) is 1.74. The first-order chi connectivity index (χ1) is 11.9. The van der Waals surface area contributed by atoms with E-state index in [0.717, 1.165) is 12.3 Å². The summed E-state index contributed by atoms with van der Waals surface area (Å²) in [7, 11) is 0. The molecular weight excluding hydrogens is 357 g/mol. The molecule has 0 bridgehead atoms. The Labute approximate surface area is 147 Å². The second-order valence-electron chi connectivity index (χ2n) is 5.54. The molecule has 5 nitrogen and oxygen atoms in total. The molecule has 0 aromatic carbocycles. The molecule has 0 radical (unpaired) electrons. The molecule has 1 aliphatic heterocycles. The van der Waals surface area contributed by atoms with E-state index in [4.69, 9.17) is 11.6 Å². The largest absolute Gasteiger partial charge is 0.417 e. The number of alkyl halides is 3. The smallest absolute Gasteiger partial charge is 0.352 e. The van der Waals surface area contributed by atoms with Gasteiger partial charge in [0.1, 0.15) is 5.82 Å². The first-order valence-electron chi connectivity index (χ1n) is 7.53. The summed E-state index contributed by atoms with van der Waals surface area (Å²) in [6.07, 6.45) is -0.606. The van der Waals surface area contributed by atoms with E-state index < -0.39 is 11.7 Å². The maximum Gasteiger partial charge on any atom is 0.417 e. The van der Waals surface area contributed by atoms with Crippen LogP contribution in [0.2, 0.25) is 5.02 Å². The molecular formula is C16H14ClF3N4O. The Morgan fingerprint density at radius 2 is 1.76 bits per heavy atom. The average Bonchev–Trinajstić information content (AvgIpc) is 2.61. The molecule has 0 saturated carbocycles. The molecule has 0 N–H and O–H groups in total. The Bertz CT molecular complexity index is 762. The predicted octanol–water partition coefficient (Wildman–Crippen LogP) is 3.11.